The Morgan fingerprint density at radius 3 is 1.36 bits per heavy atom. The van der Waals surface area contributed by atoms with Crippen molar-refractivity contribution in [1.82, 2.24) is 45.3 Å². The number of fused-ring (bicyclic) bond motifs is 4. The number of rotatable bonds is 13. The Kier molecular flexibility index (Phi) is 22.7. The highest BCUT2D eigenvalue weighted by molar-refractivity contribution is 5.95. The number of aliphatic hydroxyl groups excluding tert-OH is 1. The van der Waals surface area contributed by atoms with E-state index >= 15 is 0 Å². The minimum Gasteiger partial charge on any atom is -0.481 e. The van der Waals surface area contributed by atoms with Crippen molar-refractivity contribution in [3.63, 3.8) is 0 Å². The molecule has 488 valence electrons. The summed E-state index contributed by atoms with van der Waals surface area (Å²) in [6.45, 7) is 29.7. The van der Waals surface area contributed by atoms with Crippen LogP contribution in [0.25, 0.3) is 22.1 Å². The molecule has 2 aliphatic heterocycles. The number of benzene rings is 6. The van der Waals surface area contributed by atoms with E-state index < -0.39 is 47.7 Å². The molecule has 0 saturated heterocycles. The average Bonchev–Trinajstić information content (AvgIpc) is 1.39. The highest BCUT2D eigenvalue weighted by Gasteiger charge is 2.30. The van der Waals surface area contributed by atoms with Crippen LogP contribution in [0.4, 0.5) is 4.79 Å². The van der Waals surface area contributed by atoms with Gasteiger partial charge in [0.25, 0.3) is 11.8 Å². The van der Waals surface area contributed by atoms with Gasteiger partial charge in [-0.05, 0) is 224 Å². The summed E-state index contributed by atoms with van der Waals surface area (Å²) in [6.07, 6.45) is 0.598. The molecule has 2 aromatic heterocycles. The summed E-state index contributed by atoms with van der Waals surface area (Å²) in [5.74, 6) is -2.76. The van der Waals surface area contributed by atoms with Gasteiger partial charge in [-0.15, -0.1) is 15.7 Å². The maximum Gasteiger partial charge on any atom is 0.441 e. The van der Waals surface area contributed by atoms with Gasteiger partial charge in [0.2, 0.25) is 0 Å². The molecule has 20 heteroatoms. The number of nitrogens with zero attached hydrogens (tertiary/aromatic N) is 8. The Morgan fingerprint density at radius 1 is 0.543 bits per heavy atom. The lowest BCUT2D eigenvalue weighted by atomic mass is 9.83. The second-order valence-electron chi connectivity index (χ2n) is 25.4. The van der Waals surface area contributed by atoms with Crippen LogP contribution in [-0.2, 0) is 67.7 Å². The fourth-order valence-electron chi connectivity index (χ4n) is 11.6. The fourth-order valence-corrected chi connectivity index (χ4v) is 11.6. The minimum atomic E-state index is -0.856. The lowest BCUT2D eigenvalue weighted by molar-refractivity contribution is -0.158. The lowest BCUT2D eigenvalue weighted by Gasteiger charge is -2.30. The number of aromatic nitrogens is 6. The summed E-state index contributed by atoms with van der Waals surface area (Å²) < 4.78 is 13.6. The van der Waals surface area contributed by atoms with Crippen LogP contribution in [-0.4, -0.2) is 117 Å². The number of hydrogen-bond donors (Lipinski definition) is 3. The Morgan fingerprint density at radius 2 is 0.978 bits per heavy atom. The number of carbonyl (C=O) groups is 6. The van der Waals surface area contributed by atoms with Gasteiger partial charge in [-0.3, -0.25) is 14.4 Å². The van der Waals surface area contributed by atoms with Gasteiger partial charge in [-0.25, -0.2) is 23.7 Å². The first-order valence-corrected chi connectivity index (χ1v) is 30.9. The molecule has 10 rings (SSSR count). The molecular weight excluding hydrogens is 1170 g/mol. The van der Waals surface area contributed by atoms with Gasteiger partial charge in [-0.1, -0.05) is 78.5 Å². The molecule has 20 nitrogen and oxygen atoms in total. The molecular formula is C72H89N9O11. The molecule has 0 saturated carbocycles. The molecule has 0 bridgehead atoms. The standard InChI is InChI=1S/C35H41N5O5.C30H32N4O3.C6H12O3.CH4/c1-8-40-30-14-13-28(23(4)32(30)36-38-40)29(19-31(41)45-37-34(43)44-35(5,6)7)25-12-11-24-15-16-39(20-27(24)18-25)33(42)26-10-9-21(2)22(3)17-26;1-5-34-27-11-10-25(20(4)29(27)31-32-34)26(16-28(35)36)22-9-8-21-12-13-33(17-24(21)15-22)30(37)23-7-6-18(2)19(3)14-23;1-6(2,3)9-5(8)4-7;/h9-14,17-18,29H,8,15-16,19-20H2,1-7H3,(H,37,43);6-11,14-15,26H,5,12-13,16-17H2,1-4H3,(H,35,36);7H,4H2,1-3H3;1H4/t29-;26-;;/m00../s1. The number of hydrogen-bond acceptors (Lipinski definition) is 14. The largest absolute Gasteiger partial charge is 0.481 e. The van der Waals surface area contributed by atoms with Gasteiger partial charge in [0.1, 0.15) is 28.8 Å². The SMILES string of the molecule is C.CC(C)(C)OC(=O)CO.CCn1nnc2c(C)c([C@@H](CC(=O)O)c3ccc4c(c3)CN(C(=O)c3ccc(C)c(C)c3)CC4)ccc21.CCn1nnc2c(C)c([C@@H](CC(=O)ONC(=O)OC(C)(C)C)c3ccc4c(c3)CN(C(=O)c3ccc(C)c(C)c3)CC4)ccc21. The molecule has 6 aromatic carbocycles. The van der Waals surface area contributed by atoms with Crippen molar-refractivity contribution >= 4 is 57.9 Å². The molecule has 0 aliphatic carbocycles. The predicted octanol–water partition coefficient (Wildman–Crippen LogP) is 12.2. The van der Waals surface area contributed by atoms with Crippen molar-refractivity contribution in [1.29, 1.82) is 0 Å². The summed E-state index contributed by atoms with van der Waals surface area (Å²) in [7, 11) is 0. The van der Waals surface area contributed by atoms with E-state index in [9.17, 15) is 33.9 Å². The molecule has 0 spiro atoms. The predicted molar refractivity (Wildman–Crippen MR) is 353 cm³/mol. The van der Waals surface area contributed by atoms with Crippen LogP contribution in [0.15, 0.2) is 97.1 Å². The summed E-state index contributed by atoms with van der Waals surface area (Å²) in [4.78, 5) is 83.3. The van der Waals surface area contributed by atoms with Crippen molar-refractivity contribution in [3.8, 4) is 0 Å². The Hall–Kier alpha value is -9.30. The van der Waals surface area contributed by atoms with Crippen molar-refractivity contribution in [2.75, 3.05) is 19.7 Å². The van der Waals surface area contributed by atoms with E-state index in [1.165, 1.54) is 16.7 Å². The number of hydroxylamine groups is 1. The van der Waals surface area contributed by atoms with E-state index in [2.05, 4.69) is 50.4 Å². The highest BCUT2D eigenvalue weighted by Crippen LogP contribution is 2.38. The molecule has 3 amide bonds. The summed E-state index contributed by atoms with van der Waals surface area (Å²) in [5, 5.41) is 35.3. The third-order valence-electron chi connectivity index (χ3n) is 16.6. The van der Waals surface area contributed by atoms with Crippen molar-refractivity contribution in [3.05, 3.63) is 186 Å². The second-order valence-corrected chi connectivity index (χ2v) is 25.4. The van der Waals surface area contributed by atoms with Gasteiger partial charge in [0.15, 0.2) is 0 Å². The Labute approximate surface area is 539 Å². The summed E-state index contributed by atoms with van der Waals surface area (Å²) in [5.41, 5.74) is 20.3. The normalized spacial score (nSPS) is 13.4. The molecule has 4 heterocycles. The van der Waals surface area contributed by atoms with Crippen molar-refractivity contribution < 1.29 is 53.3 Å². The van der Waals surface area contributed by atoms with E-state index in [1.807, 2.05) is 147 Å². The molecule has 8 aromatic rings. The van der Waals surface area contributed by atoms with Gasteiger partial charge in [-0.2, -0.15) is 0 Å². The number of carbonyl (C=O) groups excluding carboxylic acids is 5. The number of aryl methyl sites for hydroxylation is 8. The number of amides is 3. The van der Waals surface area contributed by atoms with Crippen LogP contribution >= 0.6 is 0 Å². The van der Waals surface area contributed by atoms with Gasteiger partial charge in [0.05, 0.1) is 23.9 Å². The Bertz CT molecular complexity index is 4040. The van der Waals surface area contributed by atoms with Crippen molar-refractivity contribution in [2.24, 2.45) is 0 Å². The highest BCUT2D eigenvalue weighted by atomic mass is 16.7. The summed E-state index contributed by atoms with van der Waals surface area (Å²) >= 11 is 0. The van der Waals surface area contributed by atoms with E-state index in [1.54, 1.807) is 41.5 Å². The molecule has 3 N–H and O–H groups in total. The van der Waals surface area contributed by atoms with E-state index in [-0.39, 0.29) is 38.0 Å². The number of carboxylic acids is 1. The second kappa shape index (κ2) is 29.8. The van der Waals surface area contributed by atoms with Crippen LogP contribution in [0.3, 0.4) is 0 Å². The number of aliphatic carboxylic acids is 1. The fraction of sp³-hybridized carbons (Fsp3) is 0.417. The first kappa shape index (κ1) is 70.2. The topological polar surface area (TPSA) is 250 Å². The van der Waals surface area contributed by atoms with Crippen LogP contribution in [0.1, 0.15) is 186 Å². The van der Waals surface area contributed by atoms with E-state index in [4.69, 9.17) is 19.4 Å². The molecule has 0 fully saturated rings. The molecule has 92 heavy (non-hydrogen) atoms. The smallest absolute Gasteiger partial charge is 0.441 e. The van der Waals surface area contributed by atoms with E-state index in [0.29, 0.717) is 43.9 Å². The van der Waals surface area contributed by atoms with Crippen molar-refractivity contribution in [2.45, 2.75) is 179 Å². The average molecular weight is 1260 g/mol. The van der Waals surface area contributed by atoms with Crippen LogP contribution in [0.2, 0.25) is 0 Å². The quantitative estimate of drug-likeness (QED) is 0.0551. The third-order valence-corrected chi connectivity index (χ3v) is 16.6. The van der Waals surface area contributed by atoms with Crippen LogP contribution in [0.5, 0.6) is 0 Å². The third kappa shape index (κ3) is 17.0. The molecule has 0 unspecified atom stereocenters. The Balaban J connectivity index is 0.000000231. The number of esters is 1. The zero-order valence-corrected chi connectivity index (χ0v) is 54.8. The van der Waals surface area contributed by atoms with Crippen LogP contribution < -0.4 is 5.48 Å². The molecule has 0 radical (unpaired) electrons. The lowest BCUT2D eigenvalue weighted by Crippen LogP contribution is -2.36. The number of nitrogens with one attached hydrogen (secondary N) is 1. The molecule has 2 aliphatic rings. The van der Waals surface area contributed by atoms with Gasteiger partial charge in [0, 0.05) is 62.2 Å². The van der Waals surface area contributed by atoms with E-state index in [0.717, 1.165) is 103 Å². The number of carboxylic acid groups (broad SMARTS) is 1. The van der Waals surface area contributed by atoms with Crippen LogP contribution in [0, 0.1) is 41.5 Å². The first-order chi connectivity index (χ1) is 43.1. The zero-order chi connectivity index (χ0) is 66.2. The first-order valence-electron chi connectivity index (χ1n) is 30.9. The van der Waals surface area contributed by atoms with Gasteiger partial charge < -0.3 is 34.3 Å². The zero-order valence-electron chi connectivity index (χ0n) is 54.8. The number of ether oxygens (including phenoxy) is 2. The maximum atomic E-state index is 13.5. The number of aliphatic hydroxyl groups is 1. The summed E-state index contributed by atoms with van der Waals surface area (Å²) in [6, 6.07) is 32.1. The molecule has 2 atom stereocenters. The monoisotopic (exact) mass is 1260 g/mol. The minimum absolute atomic E-state index is 0. The maximum absolute atomic E-state index is 13.5. The van der Waals surface area contributed by atoms with Gasteiger partial charge >= 0.3 is 24.0 Å².